The minimum absolute atomic E-state index is 0.268. The molecular weight excluding hydrogens is 803 g/mol. The third kappa shape index (κ3) is 10.4. The van der Waals surface area contributed by atoms with Crippen LogP contribution in [-0.2, 0) is 0 Å². The number of hydrogen-bond acceptors (Lipinski definition) is 1. The van der Waals surface area contributed by atoms with Crippen molar-refractivity contribution in [2.45, 2.75) is 115 Å². The van der Waals surface area contributed by atoms with Crippen molar-refractivity contribution in [1.29, 1.82) is 5.26 Å². The summed E-state index contributed by atoms with van der Waals surface area (Å²) in [6.45, 7) is 36.5. The SMILES string of the molecule is CC.CC.CC.CC.CC(C)c1ccc(-n2c3ccccc3c3ccccc32)cc1.CC(C)n1c2ccccc2c2ccccc21.[C-]#[N+]c1cccc2c1c1c(C#N)cccc1n2C(C)C. The van der Waals surface area contributed by atoms with Gasteiger partial charge in [-0.3, -0.25) is 0 Å². The van der Waals surface area contributed by atoms with Crippen molar-refractivity contribution >= 4 is 71.1 Å². The first-order valence-corrected chi connectivity index (χ1v) is 24.1. The average Bonchev–Trinajstić information content (AvgIpc) is 4.03. The summed E-state index contributed by atoms with van der Waals surface area (Å²) in [5, 5.41) is 16.5. The molecular formula is C61H71N5. The number of fused-ring (bicyclic) bond motifs is 9. The first-order chi connectivity index (χ1) is 32.2. The number of hydrogen-bond donors (Lipinski definition) is 0. The first-order valence-electron chi connectivity index (χ1n) is 24.1. The van der Waals surface area contributed by atoms with Crippen molar-refractivity contribution in [2.24, 2.45) is 0 Å². The second-order valence-electron chi connectivity index (χ2n) is 15.7. The van der Waals surface area contributed by atoms with Crippen LogP contribution in [0.5, 0.6) is 0 Å². The van der Waals surface area contributed by atoms with Crippen molar-refractivity contribution < 1.29 is 0 Å². The molecule has 0 amide bonds. The Morgan fingerprint density at radius 2 is 0.788 bits per heavy atom. The van der Waals surface area contributed by atoms with E-state index in [1.807, 2.05) is 91.8 Å². The number of nitriles is 1. The van der Waals surface area contributed by atoms with Crippen LogP contribution in [0, 0.1) is 17.9 Å². The monoisotopic (exact) mass is 874 g/mol. The van der Waals surface area contributed by atoms with Gasteiger partial charge >= 0.3 is 0 Å². The van der Waals surface area contributed by atoms with E-state index < -0.39 is 0 Å². The molecule has 340 valence electrons. The summed E-state index contributed by atoms with van der Waals surface area (Å²) < 4.78 is 6.96. The van der Waals surface area contributed by atoms with Crippen LogP contribution in [0.4, 0.5) is 5.69 Å². The first kappa shape index (κ1) is 51.6. The highest BCUT2D eigenvalue weighted by Gasteiger charge is 2.18. The Morgan fingerprint density at radius 3 is 1.20 bits per heavy atom. The van der Waals surface area contributed by atoms with Crippen molar-refractivity contribution in [1.82, 2.24) is 13.7 Å². The van der Waals surface area contributed by atoms with Gasteiger partial charge in [0.2, 0.25) is 0 Å². The number of rotatable bonds is 4. The van der Waals surface area contributed by atoms with Gasteiger partial charge in [-0.05, 0) is 93.8 Å². The lowest BCUT2D eigenvalue weighted by Crippen LogP contribution is -1.99. The molecule has 10 rings (SSSR count). The predicted octanol–water partition coefficient (Wildman–Crippen LogP) is 19.2. The number of nitrogens with zero attached hydrogens (tertiary/aromatic N) is 5. The molecule has 10 aromatic rings. The molecule has 66 heavy (non-hydrogen) atoms. The Morgan fingerprint density at radius 1 is 0.424 bits per heavy atom. The lowest BCUT2D eigenvalue weighted by atomic mass is 10.0. The maximum Gasteiger partial charge on any atom is 0.197 e. The maximum atomic E-state index is 9.37. The molecule has 0 N–H and O–H groups in total. The molecule has 0 unspecified atom stereocenters. The second-order valence-corrected chi connectivity index (χ2v) is 15.7. The summed E-state index contributed by atoms with van der Waals surface area (Å²) in [4.78, 5) is 3.62. The smallest absolute Gasteiger partial charge is 0.197 e. The van der Waals surface area contributed by atoms with Crippen LogP contribution in [-0.4, -0.2) is 13.7 Å². The highest BCUT2D eigenvalue weighted by atomic mass is 15.0. The van der Waals surface area contributed by atoms with Gasteiger partial charge in [0, 0.05) is 72.2 Å². The van der Waals surface area contributed by atoms with Gasteiger partial charge in [0.25, 0.3) is 0 Å². The quantitative estimate of drug-likeness (QED) is 0.162. The fourth-order valence-corrected chi connectivity index (χ4v) is 8.58. The zero-order chi connectivity index (χ0) is 48.5. The van der Waals surface area contributed by atoms with E-state index in [0.717, 1.165) is 21.8 Å². The van der Waals surface area contributed by atoms with E-state index in [2.05, 4.69) is 187 Å². The molecule has 0 bridgehead atoms. The van der Waals surface area contributed by atoms with E-state index in [1.165, 1.54) is 54.9 Å². The lowest BCUT2D eigenvalue weighted by molar-refractivity contribution is 0.642. The lowest BCUT2D eigenvalue weighted by Gasteiger charge is -2.11. The Balaban J connectivity index is 0.000000203. The third-order valence-electron chi connectivity index (χ3n) is 11.1. The number of aromatic nitrogens is 3. The molecule has 0 saturated carbocycles. The second kappa shape index (κ2) is 24.8. The van der Waals surface area contributed by atoms with E-state index in [0.29, 0.717) is 23.2 Å². The van der Waals surface area contributed by atoms with Crippen LogP contribution in [0.1, 0.15) is 126 Å². The third-order valence-corrected chi connectivity index (χ3v) is 11.1. The van der Waals surface area contributed by atoms with Gasteiger partial charge in [0.1, 0.15) is 0 Å². The molecule has 3 aromatic heterocycles. The standard InChI is InChI=1S/C21H19N.C17H13N3.C15H15N.4C2H6/c1-15(2)16-11-13-17(14-12-16)22-20-9-5-3-7-18(20)19-8-4-6-10-21(19)22;1-11(2)20-14-8-4-6-12(10-18)16(14)17-13(19-3)7-5-9-15(17)20;1-11(2)16-14-9-5-3-7-12(14)13-8-4-6-10-15(13)16;4*1-2/h3-15H,1-2H3;4-9,11H,1-2H3;3-11H,1-2H3;4*1-2H3. The fourth-order valence-electron chi connectivity index (χ4n) is 8.58. The number of para-hydroxylation sites is 4. The van der Waals surface area contributed by atoms with Crippen molar-refractivity contribution in [2.75, 3.05) is 0 Å². The van der Waals surface area contributed by atoms with Gasteiger partial charge in [-0.2, -0.15) is 5.26 Å². The summed E-state index contributed by atoms with van der Waals surface area (Å²) in [5.74, 6) is 0.562. The molecule has 7 aromatic carbocycles. The molecule has 0 saturated heterocycles. The highest BCUT2D eigenvalue weighted by molar-refractivity contribution is 6.16. The Labute approximate surface area is 395 Å². The molecule has 3 heterocycles. The molecule has 5 heteroatoms. The number of benzene rings is 7. The van der Waals surface area contributed by atoms with Crippen LogP contribution in [0.25, 0.3) is 75.9 Å². The van der Waals surface area contributed by atoms with E-state index in [9.17, 15) is 5.26 Å². The van der Waals surface area contributed by atoms with Crippen LogP contribution in [0.3, 0.4) is 0 Å². The minimum atomic E-state index is 0.268. The normalized spacial score (nSPS) is 10.3. The topological polar surface area (TPSA) is 42.9 Å². The van der Waals surface area contributed by atoms with Gasteiger partial charge < -0.3 is 13.7 Å². The van der Waals surface area contributed by atoms with Crippen molar-refractivity contribution in [3.8, 4) is 11.8 Å². The molecule has 0 radical (unpaired) electrons. The van der Waals surface area contributed by atoms with Crippen LogP contribution >= 0.6 is 0 Å². The Bertz CT molecular complexity index is 3000. The highest BCUT2D eigenvalue weighted by Crippen LogP contribution is 2.39. The largest absolute Gasteiger partial charge is 0.339 e. The molecule has 0 fully saturated rings. The zero-order valence-corrected chi connectivity index (χ0v) is 42.0. The predicted molar refractivity (Wildman–Crippen MR) is 291 cm³/mol. The van der Waals surface area contributed by atoms with E-state index in [-0.39, 0.29) is 6.04 Å². The Hall–Kier alpha value is -7.08. The minimum Gasteiger partial charge on any atom is -0.339 e. The van der Waals surface area contributed by atoms with Gasteiger partial charge in [0.05, 0.1) is 29.2 Å². The maximum absolute atomic E-state index is 9.37. The van der Waals surface area contributed by atoms with Crippen LogP contribution in [0.2, 0.25) is 0 Å². The van der Waals surface area contributed by atoms with Crippen LogP contribution < -0.4 is 0 Å². The summed E-state index contributed by atoms with van der Waals surface area (Å²) in [6.07, 6.45) is 0. The van der Waals surface area contributed by atoms with E-state index in [4.69, 9.17) is 6.57 Å². The molecule has 0 atom stereocenters. The van der Waals surface area contributed by atoms with Gasteiger partial charge in [-0.1, -0.05) is 172 Å². The van der Waals surface area contributed by atoms with Gasteiger partial charge in [-0.15, -0.1) is 0 Å². The van der Waals surface area contributed by atoms with Crippen molar-refractivity contribution in [3.05, 3.63) is 180 Å². The average molecular weight is 874 g/mol. The summed E-state index contributed by atoms with van der Waals surface area (Å²) in [6, 6.07) is 57.9. The van der Waals surface area contributed by atoms with Gasteiger partial charge in [0.15, 0.2) is 5.69 Å². The van der Waals surface area contributed by atoms with Gasteiger partial charge in [-0.25, -0.2) is 4.85 Å². The molecule has 0 aliphatic rings. The molecule has 5 nitrogen and oxygen atoms in total. The van der Waals surface area contributed by atoms with E-state index in [1.54, 1.807) is 0 Å². The summed E-state index contributed by atoms with van der Waals surface area (Å²) in [7, 11) is 0. The summed E-state index contributed by atoms with van der Waals surface area (Å²) >= 11 is 0. The molecule has 0 spiro atoms. The molecule has 0 aliphatic carbocycles. The molecule has 0 aliphatic heterocycles. The fraction of sp³-hybridized carbons (Fsp3) is 0.279. The summed E-state index contributed by atoms with van der Waals surface area (Å²) in [5.41, 5.74) is 11.1. The zero-order valence-electron chi connectivity index (χ0n) is 42.0. The Kier molecular flexibility index (Phi) is 19.4. The van der Waals surface area contributed by atoms with Crippen LogP contribution in [0.15, 0.2) is 158 Å². The van der Waals surface area contributed by atoms with Crippen molar-refractivity contribution in [3.63, 3.8) is 0 Å². The van der Waals surface area contributed by atoms with E-state index >= 15 is 0 Å².